The molecule has 1 N–H and O–H groups in total. The maximum atomic E-state index is 3.37. The zero-order valence-electron chi connectivity index (χ0n) is 7.88. The SMILES string of the molecule is CCN(C)C1CCNCC1.Cl.Cl. The number of halogens is 2. The molecule has 0 amide bonds. The van der Waals surface area contributed by atoms with E-state index in [1.807, 2.05) is 0 Å². The second-order valence-electron chi connectivity index (χ2n) is 3.05. The highest BCUT2D eigenvalue weighted by molar-refractivity contribution is 5.85. The Labute approximate surface area is 87.9 Å². The van der Waals surface area contributed by atoms with Gasteiger partial charge in [-0.1, -0.05) is 6.92 Å². The summed E-state index contributed by atoms with van der Waals surface area (Å²) in [7, 11) is 2.22. The van der Waals surface area contributed by atoms with Crippen LogP contribution in [0.15, 0.2) is 0 Å². The second kappa shape index (κ2) is 8.11. The Morgan fingerprint density at radius 3 is 2.17 bits per heavy atom. The molecule has 2 nitrogen and oxygen atoms in total. The van der Waals surface area contributed by atoms with Gasteiger partial charge in [-0.3, -0.25) is 0 Å². The Bertz CT molecular complexity index is 95.1. The minimum absolute atomic E-state index is 0. The maximum absolute atomic E-state index is 3.37. The summed E-state index contributed by atoms with van der Waals surface area (Å²) < 4.78 is 0. The molecule has 0 aromatic rings. The van der Waals surface area contributed by atoms with E-state index in [0.29, 0.717) is 0 Å². The van der Waals surface area contributed by atoms with Gasteiger partial charge in [-0.2, -0.15) is 0 Å². The fourth-order valence-corrected chi connectivity index (χ4v) is 1.51. The van der Waals surface area contributed by atoms with Crippen molar-refractivity contribution >= 4 is 24.8 Å². The molecule has 1 rings (SSSR count). The van der Waals surface area contributed by atoms with E-state index in [2.05, 4.69) is 24.2 Å². The van der Waals surface area contributed by atoms with Crippen LogP contribution in [0, 0.1) is 0 Å². The van der Waals surface area contributed by atoms with Gasteiger partial charge in [-0.15, -0.1) is 24.8 Å². The highest BCUT2D eigenvalue weighted by Crippen LogP contribution is 2.08. The number of nitrogens with one attached hydrogen (secondary N) is 1. The van der Waals surface area contributed by atoms with Crippen LogP contribution >= 0.6 is 24.8 Å². The predicted octanol–water partition coefficient (Wildman–Crippen LogP) is 1.53. The molecule has 0 bridgehead atoms. The molecule has 4 heteroatoms. The summed E-state index contributed by atoms with van der Waals surface area (Å²) in [5.74, 6) is 0. The van der Waals surface area contributed by atoms with E-state index in [1.54, 1.807) is 0 Å². The molecular formula is C8H20Cl2N2. The lowest BCUT2D eigenvalue weighted by atomic mass is 10.1. The third-order valence-corrected chi connectivity index (χ3v) is 2.43. The van der Waals surface area contributed by atoms with Crippen LogP contribution in [0.5, 0.6) is 0 Å². The Morgan fingerprint density at radius 2 is 1.75 bits per heavy atom. The van der Waals surface area contributed by atoms with Crippen LogP contribution in [0.2, 0.25) is 0 Å². The lowest BCUT2D eigenvalue weighted by Gasteiger charge is -2.30. The van der Waals surface area contributed by atoms with Crippen molar-refractivity contribution in [2.45, 2.75) is 25.8 Å². The van der Waals surface area contributed by atoms with Gasteiger partial charge < -0.3 is 10.2 Å². The number of nitrogens with zero attached hydrogens (tertiary/aromatic N) is 1. The van der Waals surface area contributed by atoms with Crippen molar-refractivity contribution < 1.29 is 0 Å². The summed E-state index contributed by atoms with van der Waals surface area (Å²) in [6, 6.07) is 0.839. The van der Waals surface area contributed by atoms with Gasteiger partial charge in [-0.05, 0) is 39.5 Å². The Balaban J connectivity index is 0. The van der Waals surface area contributed by atoms with E-state index in [-0.39, 0.29) is 24.8 Å². The molecule has 0 atom stereocenters. The van der Waals surface area contributed by atoms with Crippen LogP contribution in [0.3, 0.4) is 0 Å². The Kier molecular flexibility index (Phi) is 10.1. The van der Waals surface area contributed by atoms with Crippen molar-refractivity contribution in [2.75, 3.05) is 26.7 Å². The first-order valence-corrected chi connectivity index (χ1v) is 4.25. The molecule has 0 aliphatic carbocycles. The van der Waals surface area contributed by atoms with Crippen LogP contribution in [-0.4, -0.2) is 37.6 Å². The van der Waals surface area contributed by atoms with E-state index in [0.717, 1.165) is 6.04 Å². The monoisotopic (exact) mass is 214 g/mol. The second-order valence-corrected chi connectivity index (χ2v) is 3.05. The zero-order chi connectivity index (χ0) is 7.40. The molecule has 0 aromatic heterocycles. The molecule has 1 saturated heterocycles. The number of hydrogen-bond acceptors (Lipinski definition) is 2. The summed E-state index contributed by atoms with van der Waals surface area (Å²) >= 11 is 0. The molecule has 0 saturated carbocycles. The van der Waals surface area contributed by atoms with Crippen LogP contribution in [-0.2, 0) is 0 Å². The van der Waals surface area contributed by atoms with Crippen molar-refractivity contribution in [1.82, 2.24) is 10.2 Å². The number of piperidine rings is 1. The molecule has 1 fully saturated rings. The number of rotatable bonds is 2. The maximum Gasteiger partial charge on any atom is 0.0116 e. The van der Waals surface area contributed by atoms with Crippen molar-refractivity contribution in [3.63, 3.8) is 0 Å². The summed E-state index contributed by atoms with van der Waals surface area (Å²) in [6.45, 7) is 5.82. The minimum Gasteiger partial charge on any atom is -0.317 e. The highest BCUT2D eigenvalue weighted by atomic mass is 35.5. The predicted molar refractivity (Wildman–Crippen MR) is 58.7 cm³/mol. The summed E-state index contributed by atoms with van der Waals surface area (Å²) in [4.78, 5) is 2.45. The minimum atomic E-state index is 0. The third kappa shape index (κ3) is 4.51. The van der Waals surface area contributed by atoms with Gasteiger partial charge in [-0.25, -0.2) is 0 Å². The van der Waals surface area contributed by atoms with Crippen LogP contribution in [0.25, 0.3) is 0 Å². The van der Waals surface area contributed by atoms with E-state index in [4.69, 9.17) is 0 Å². The topological polar surface area (TPSA) is 15.3 Å². The zero-order valence-corrected chi connectivity index (χ0v) is 9.51. The van der Waals surface area contributed by atoms with Gasteiger partial charge in [0.05, 0.1) is 0 Å². The van der Waals surface area contributed by atoms with Crippen LogP contribution < -0.4 is 5.32 Å². The van der Waals surface area contributed by atoms with E-state index in [9.17, 15) is 0 Å². The fraction of sp³-hybridized carbons (Fsp3) is 1.00. The van der Waals surface area contributed by atoms with Crippen molar-refractivity contribution in [1.29, 1.82) is 0 Å². The largest absolute Gasteiger partial charge is 0.317 e. The lowest BCUT2D eigenvalue weighted by Crippen LogP contribution is -2.40. The first-order chi connectivity index (χ1) is 4.84. The quantitative estimate of drug-likeness (QED) is 0.751. The molecular weight excluding hydrogens is 195 g/mol. The smallest absolute Gasteiger partial charge is 0.0116 e. The van der Waals surface area contributed by atoms with Crippen molar-refractivity contribution in [3.8, 4) is 0 Å². The van der Waals surface area contributed by atoms with E-state index >= 15 is 0 Å². The molecule has 12 heavy (non-hydrogen) atoms. The fourth-order valence-electron chi connectivity index (χ4n) is 1.51. The van der Waals surface area contributed by atoms with Crippen LogP contribution in [0.1, 0.15) is 19.8 Å². The molecule has 0 radical (unpaired) electrons. The average Bonchev–Trinajstić information content (AvgIpc) is 2.05. The molecule has 76 valence electrons. The number of hydrogen-bond donors (Lipinski definition) is 1. The van der Waals surface area contributed by atoms with Gasteiger partial charge in [0, 0.05) is 6.04 Å². The molecule has 1 aliphatic heterocycles. The third-order valence-electron chi connectivity index (χ3n) is 2.43. The van der Waals surface area contributed by atoms with Crippen molar-refractivity contribution in [2.24, 2.45) is 0 Å². The lowest BCUT2D eigenvalue weighted by molar-refractivity contribution is 0.208. The standard InChI is InChI=1S/C8H18N2.2ClH/c1-3-10(2)8-4-6-9-7-5-8;;/h8-9H,3-7H2,1-2H3;2*1H. The van der Waals surface area contributed by atoms with Gasteiger partial charge in [0.25, 0.3) is 0 Å². The van der Waals surface area contributed by atoms with Crippen LogP contribution in [0.4, 0.5) is 0 Å². The summed E-state index contributed by atoms with van der Waals surface area (Å²) in [5.41, 5.74) is 0. The van der Waals surface area contributed by atoms with Gasteiger partial charge in [0.15, 0.2) is 0 Å². The van der Waals surface area contributed by atoms with Gasteiger partial charge in [0.1, 0.15) is 0 Å². The molecule has 1 heterocycles. The average molecular weight is 215 g/mol. The van der Waals surface area contributed by atoms with E-state index in [1.165, 1.54) is 32.5 Å². The first kappa shape index (κ1) is 15.0. The first-order valence-electron chi connectivity index (χ1n) is 4.25. The molecule has 0 spiro atoms. The normalized spacial score (nSPS) is 18.2. The Hall–Kier alpha value is 0.500. The Morgan fingerprint density at radius 1 is 1.25 bits per heavy atom. The molecule has 0 aromatic carbocycles. The van der Waals surface area contributed by atoms with Gasteiger partial charge in [0.2, 0.25) is 0 Å². The van der Waals surface area contributed by atoms with Gasteiger partial charge >= 0.3 is 0 Å². The molecule has 0 unspecified atom stereocenters. The van der Waals surface area contributed by atoms with E-state index < -0.39 is 0 Å². The summed E-state index contributed by atoms with van der Waals surface area (Å²) in [6.07, 6.45) is 2.65. The van der Waals surface area contributed by atoms with Crippen molar-refractivity contribution in [3.05, 3.63) is 0 Å². The molecule has 1 aliphatic rings. The summed E-state index contributed by atoms with van der Waals surface area (Å²) in [5, 5.41) is 3.37. The highest BCUT2D eigenvalue weighted by Gasteiger charge is 2.15.